The van der Waals surface area contributed by atoms with Gasteiger partial charge in [0.05, 0.1) is 12.1 Å². The topological polar surface area (TPSA) is 70.7 Å². The van der Waals surface area contributed by atoms with Crippen LogP contribution in [0.2, 0.25) is 0 Å². The smallest absolute Gasteiger partial charge is 0.233 e. The van der Waals surface area contributed by atoms with Crippen LogP contribution in [0, 0.1) is 0 Å². The van der Waals surface area contributed by atoms with Gasteiger partial charge in [-0.1, -0.05) is 43.3 Å². The van der Waals surface area contributed by atoms with Crippen LogP contribution in [0.1, 0.15) is 42.7 Å². The van der Waals surface area contributed by atoms with Gasteiger partial charge in [-0.25, -0.2) is 4.98 Å². The van der Waals surface area contributed by atoms with Crippen molar-refractivity contribution in [2.75, 3.05) is 5.32 Å². The van der Waals surface area contributed by atoms with E-state index in [2.05, 4.69) is 39.6 Å². The molecule has 0 bridgehead atoms. The van der Waals surface area contributed by atoms with E-state index in [1.54, 1.807) is 24.7 Å². The molecule has 2 N–H and O–H groups in total. The van der Waals surface area contributed by atoms with Crippen LogP contribution in [-0.4, -0.2) is 21.1 Å². The molecule has 0 fully saturated rings. The molecule has 0 spiro atoms. The molecule has 5 nitrogen and oxygen atoms in total. The first-order chi connectivity index (χ1) is 12.2. The van der Waals surface area contributed by atoms with Crippen molar-refractivity contribution < 1.29 is 4.79 Å². The number of hydrogen-bond donors (Lipinski definition) is 2. The van der Waals surface area contributed by atoms with Crippen molar-refractivity contribution in [2.24, 2.45) is 0 Å². The van der Waals surface area contributed by atoms with E-state index < -0.39 is 0 Å². The monoisotopic (exact) mass is 334 g/mol. The number of nitrogens with zero attached hydrogens (tertiary/aromatic N) is 2. The van der Waals surface area contributed by atoms with Crippen LogP contribution in [0.5, 0.6) is 0 Å². The van der Waals surface area contributed by atoms with Gasteiger partial charge in [-0.3, -0.25) is 9.89 Å². The van der Waals surface area contributed by atoms with Gasteiger partial charge in [0.1, 0.15) is 5.82 Å². The van der Waals surface area contributed by atoms with Gasteiger partial charge in [-0.05, 0) is 36.5 Å². The fourth-order valence-electron chi connectivity index (χ4n) is 2.92. The zero-order chi connectivity index (χ0) is 17.5. The van der Waals surface area contributed by atoms with Gasteiger partial charge in [0.15, 0.2) is 0 Å². The molecule has 0 radical (unpaired) electrons. The molecule has 2 atom stereocenters. The Kier molecular flexibility index (Phi) is 5.57. The predicted octanol–water partition coefficient (Wildman–Crippen LogP) is 4.11. The number of amides is 1. The third-order valence-corrected chi connectivity index (χ3v) is 4.41. The first kappa shape index (κ1) is 16.9. The molecule has 128 valence electrons. The third kappa shape index (κ3) is 4.53. The maximum absolute atomic E-state index is 12.8. The average molecular weight is 334 g/mol. The first-order valence-corrected chi connectivity index (χ1v) is 8.49. The van der Waals surface area contributed by atoms with Crippen LogP contribution in [0.15, 0.2) is 67.1 Å². The third-order valence-electron chi connectivity index (χ3n) is 4.41. The van der Waals surface area contributed by atoms with E-state index in [0.29, 0.717) is 11.7 Å². The van der Waals surface area contributed by atoms with Crippen molar-refractivity contribution in [3.8, 4) is 0 Å². The van der Waals surface area contributed by atoms with Gasteiger partial charge in [-0.2, -0.15) is 5.10 Å². The van der Waals surface area contributed by atoms with Gasteiger partial charge < -0.3 is 5.32 Å². The van der Waals surface area contributed by atoms with E-state index in [9.17, 15) is 4.79 Å². The molecule has 1 amide bonds. The molecule has 2 heterocycles. The van der Waals surface area contributed by atoms with Crippen LogP contribution in [0.4, 0.5) is 5.82 Å². The largest absolute Gasteiger partial charge is 0.310 e. The molecule has 3 rings (SSSR count). The standard InChI is InChI=1S/C20H22N4O/c1-15(16-7-3-2-4-8-16)10-11-18(17-13-22-23-14-17)20(25)24-19-9-5-6-12-21-19/h2-9,12-15,18H,10-11H2,1H3,(H,22,23)(H,21,24,25)/t15?,18-/m0/s1. The molecule has 3 aromatic rings. The molecule has 0 saturated heterocycles. The van der Waals surface area contributed by atoms with Crippen molar-refractivity contribution in [1.29, 1.82) is 0 Å². The van der Waals surface area contributed by atoms with Crippen LogP contribution in [0.25, 0.3) is 0 Å². The highest BCUT2D eigenvalue weighted by Gasteiger charge is 2.23. The molecule has 1 unspecified atom stereocenters. The molecule has 25 heavy (non-hydrogen) atoms. The Morgan fingerprint density at radius 2 is 1.88 bits per heavy atom. The SMILES string of the molecule is CC(CC[C@H](C(=O)Nc1ccccn1)c1cn[nH]c1)c1ccccc1. The normalized spacial score (nSPS) is 13.2. The zero-order valence-electron chi connectivity index (χ0n) is 14.2. The molecule has 0 aliphatic rings. The molecule has 0 aliphatic carbocycles. The lowest BCUT2D eigenvalue weighted by Crippen LogP contribution is -2.22. The highest BCUT2D eigenvalue weighted by atomic mass is 16.1. The minimum atomic E-state index is -0.257. The molecule has 0 aliphatic heterocycles. The summed E-state index contributed by atoms with van der Waals surface area (Å²) in [7, 11) is 0. The van der Waals surface area contributed by atoms with Crippen molar-refractivity contribution in [1.82, 2.24) is 15.2 Å². The number of rotatable bonds is 7. The molecule has 2 aromatic heterocycles. The maximum atomic E-state index is 12.8. The summed E-state index contributed by atoms with van der Waals surface area (Å²) in [4.78, 5) is 16.9. The van der Waals surface area contributed by atoms with Crippen molar-refractivity contribution in [2.45, 2.75) is 31.6 Å². The van der Waals surface area contributed by atoms with Gasteiger partial charge in [0.25, 0.3) is 0 Å². The molecular weight excluding hydrogens is 312 g/mol. The summed E-state index contributed by atoms with van der Waals surface area (Å²) in [6.07, 6.45) is 6.83. The molecule has 0 saturated carbocycles. The van der Waals surface area contributed by atoms with Crippen LogP contribution >= 0.6 is 0 Å². The van der Waals surface area contributed by atoms with Gasteiger partial charge >= 0.3 is 0 Å². The number of anilines is 1. The molecule has 5 heteroatoms. The Morgan fingerprint density at radius 1 is 1.08 bits per heavy atom. The molecular formula is C20H22N4O. The minimum absolute atomic E-state index is 0.0552. The number of pyridine rings is 1. The predicted molar refractivity (Wildman–Crippen MR) is 98.3 cm³/mol. The van der Waals surface area contributed by atoms with E-state index in [-0.39, 0.29) is 11.8 Å². The fourth-order valence-corrected chi connectivity index (χ4v) is 2.92. The Bertz CT molecular complexity index is 772. The minimum Gasteiger partial charge on any atom is -0.310 e. The highest BCUT2D eigenvalue weighted by molar-refractivity contribution is 5.95. The Morgan fingerprint density at radius 3 is 2.56 bits per heavy atom. The summed E-state index contributed by atoms with van der Waals surface area (Å²) in [5.41, 5.74) is 2.19. The van der Waals surface area contributed by atoms with E-state index in [4.69, 9.17) is 0 Å². The van der Waals surface area contributed by atoms with E-state index >= 15 is 0 Å². The Hall–Kier alpha value is -2.95. The van der Waals surface area contributed by atoms with Gasteiger partial charge in [0, 0.05) is 18.0 Å². The van der Waals surface area contributed by atoms with E-state index in [1.807, 2.05) is 30.3 Å². The summed E-state index contributed by atoms with van der Waals surface area (Å²) < 4.78 is 0. The quantitative estimate of drug-likeness (QED) is 0.683. The second-order valence-electron chi connectivity index (χ2n) is 6.18. The number of H-pyrrole nitrogens is 1. The second-order valence-corrected chi connectivity index (χ2v) is 6.18. The second kappa shape index (κ2) is 8.24. The first-order valence-electron chi connectivity index (χ1n) is 8.49. The number of benzene rings is 1. The zero-order valence-corrected chi connectivity index (χ0v) is 14.2. The van der Waals surface area contributed by atoms with Gasteiger partial charge in [-0.15, -0.1) is 0 Å². The van der Waals surface area contributed by atoms with Crippen LogP contribution in [-0.2, 0) is 4.79 Å². The van der Waals surface area contributed by atoms with Gasteiger partial charge in [0.2, 0.25) is 5.91 Å². The van der Waals surface area contributed by atoms with Crippen molar-refractivity contribution in [3.05, 3.63) is 78.2 Å². The summed E-state index contributed by atoms with van der Waals surface area (Å²) in [6, 6.07) is 15.8. The number of hydrogen-bond acceptors (Lipinski definition) is 3. The average Bonchev–Trinajstić information content (AvgIpc) is 3.17. The number of carbonyl (C=O) groups is 1. The molecule has 1 aromatic carbocycles. The maximum Gasteiger partial charge on any atom is 0.233 e. The van der Waals surface area contributed by atoms with E-state index in [1.165, 1.54) is 5.56 Å². The fraction of sp³-hybridized carbons (Fsp3) is 0.250. The number of carbonyl (C=O) groups excluding carboxylic acids is 1. The lowest BCUT2D eigenvalue weighted by molar-refractivity contribution is -0.117. The van der Waals surface area contributed by atoms with Crippen molar-refractivity contribution >= 4 is 11.7 Å². The van der Waals surface area contributed by atoms with Crippen LogP contribution < -0.4 is 5.32 Å². The number of aromatic nitrogens is 3. The summed E-state index contributed by atoms with van der Waals surface area (Å²) in [5.74, 6) is 0.641. The van der Waals surface area contributed by atoms with Crippen LogP contribution in [0.3, 0.4) is 0 Å². The number of aromatic amines is 1. The highest BCUT2D eigenvalue weighted by Crippen LogP contribution is 2.28. The summed E-state index contributed by atoms with van der Waals surface area (Å²) in [5, 5.41) is 9.70. The summed E-state index contributed by atoms with van der Waals surface area (Å²) in [6.45, 7) is 2.19. The lowest BCUT2D eigenvalue weighted by atomic mass is 9.89. The lowest BCUT2D eigenvalue weighted by Gasteiger charge is -2.18. The van der Waals surface area contributed by atoms with Crippen molar-refractivity contribution in [3.63, 3.8) is 0 Å². The Labute approximate surface area is 147 Å². The summed E-state index contributed by atoms with van der Waals surface area (Å²) >= 11 is 0. The Balaban J connectivity index is 1.69. The van der Waals surface area contributed by atoms with E-state index in [0.717, 1.165) is 18.4 Å². The number of nitrogens with one attached hydrogen (secondary N) is 2.